The second-order valence-corrected chi connectivity index (χ2v) is 6.00. The number of nitrogens with one attached hydrogen (secondary N) is 1. The van der Waals surface area contributed by atoms with Gasteiger partial charge in [0.15, 0.2) is 6.61 Å². The summed E-state index contributed by atoms with van der Waals surface area (Å²) in [6.45, 7) is 4.28. The maximum atomic E-state index is 11.9. The molecule has 0 spiro atoms. The van der Waals surface area contributed by atoms with Gasteiger partial charge < -0.3 is 15.0 Å². The second kappa shape index (κ2) is 7.68. The van der Waals surface area contributed by atoms with E-state index in [1.165, 1.54) is 5.56 Å². The fraction of sp³-hybridized carbons (Fsp3) is 0.316. The normalized spacial score (nSPS) is 10.5. The number of benzene rings is 2. The van der Waals surface area contributed by atoms with Crippen molar-refractivity contribution in [3.8, 4) is 5.75 Å². The van der Waals surface area contributed by atoms with Crippen LogP contribution in [-0.4, -0.2) is 26.6 Å². The van der Waals surface area contributed by atoms with Crippen molar-refractivity contribution >= 4 is 17.3 Å². The fourth-order valence-electron chi connectivity index (χ4n) is 2.14. The number of anilines is 2. The Morgan fingerprint density at radius 3 is 2.17 bits per heavy atom. The number of hydrogen-bond donors (Lipinski definition) is 1. The van der Waals surface area contributed by atoms with Crippen LogP contribution in [-0.2, 0) is 4.79 Å². The number of ether oxygens (including phenoxy) is 1. The van der Waals surface area contributed by atoms with E-state index in [1.54, 1.807) is 0 Å². The number of rotatable bonds is 6. The smallest absolute Gasteiger partial charge is 0.262 e. The molecule has 2 aromatic carbocycles. The Kier molecular flexibility index (Phi) is 5.63. The van der Waals surface area contributed by atoms with E-state index in [4.69, 9.17) is 4.74 Å². The third kappa shape index (κ3) is 5.02. The number of amides is 1. The van der Waals surface area contributed by atoms with E-state index in [2.05, 4.69) is 19.2 Å². The summed E-state index contributed by atoms with van der Waals surface area (Å²) in [5.74, 6) is 1.01. The van der Waals surface area contributed by atoms with Crippen LogP contribution in [0.25, 0.3) is 0 Å². The minimum atomic E-state index is -0.171. The first-order valence-corrected chi connectivity index (χ1v) is 7.75. The highest BCUT2D eigenvalue weighted by atomic mass is 16.5. The summed E-state index contributed by atoms with van der Waals surface area (Å²) in [6.07, 6.45) is 0. The van der Waals surface area contributed by atoms with E-state index in [1.807, 2.05) is 67.5 Å². The quantitative estimate of drug-likeness (QED) is 0.879. The molecular weight excluding hydrogens is 288 g/mol. The molecule has 0 atom stereocenters. The molecule has 4 heteroatoms. The Bertz CT molecular complexity index is 631. The topological polar surface area (TPSA) is 41.6 Å². The van der Waals surface area contributed by atoms with E-state index >= 15 is 0 Å². The number of carbonyl (C=O) groups excluding carboxylic acids is 1. The molecule has 0 aromatic heterocycles. The van der Waals surface area contributed by atoms with Gasteiger partial charge in [-0.25, -0.2) is 0 Å². The van der Waals surface area contributed by atoms with Gasteiger partial charge >= 0.3 is 0 Å². The van der Waals surface area contributed by atoms with Gasteiger partial charge in [0.05, 0.1) is 0 Å². The van der Waals surface area contributed by atoms with Gasteiger partial charge in [-0.15, -0.1) is 0 Å². The van der Waals surface area contributed by atoms with Crippen LogP contribution in [0.4, 0.5) is 11.4 Å². The average molecular weight is 312 g/mol. The van der Waals surface area contributed by atoms with Crippen LogP contribution >= 0.6 is 0 Å². The summed E-state index contributed by atoms with van der Waals surface area (Å²) in [5, 5.41) is 2.83. The third-order valence-electron chi connectivity index (χ3n) is 3.58. The van der Waals surface area contributed by atoms with Gasteiger partial charge in [0.25, 0.3) is 5.91 Å². The van der Waals surface area contributed by atoms with Crippen LogP contribution in [0, 0.1) is 0 Å². The van der Waals surface area contributed by atoms with Crippen molar-refractivity contribution in [3.63, 3.8) is 0 Å². The molecule has 122 valence electrons. The van der Waals surface area contributed by atoms with Gasteiger partial charge in [-0.05, 0) is 47.9 Å². The first-order chi connectivity index (χ1) is 11.0. The Morgan fingerprint density at radius 1 is 1.04 bits per heavy atom. The van der Waals surface area contributed by atoms with Crippen LogP contribution in [0.2, 0.25) is 0 Å². The summed E-state index contributed by atoms with van der Waals surface area (Å²) >= 11 is 0. The highest BCUT2D eigenvalue weighted by Crippen LogP contribution is 2.19. The van der Waals surface area contributed by atoms with Crippen molar-refractivity contribution in [1.29, 1.82) is 0 Å². The molecule has 0 aliphatic rings. The maximum absolute atomic E-state index is 11.9. The standard InChI is InChI=1S/C19H24N2O2/c1-14(2)15-5-11-18(12-6-15)23-13-19(22)20-16-7-9-17(10-8-16)21(3)4/h5-12,14H,13H2,1-4H3,(H,20,22). The van der Waals surface area contributed by atoms with E-state index in [0.29, 0.717) is 11.7 Å². The molecule has 1 N–H and O–H groups in total. The summed E-state index contributed by atoms with van der Waals surface area (Å²) < 4.78 is 5.52. The SMILES string of the molecule is CC(C)c1ccc(OCC(=O)Nc2ccc(N(C)C)cc2)cc1. The Morgan fingerprint density at radius 2 is 1.65 bits per heavy atom. The van der Waals surface area contributed by atoms with Crippen molar-refractivity contribution in [2.24, 2.45) is 0 Å². The van der Waals surface area contributed by atoms with Crippen LogP contribution in [0.3, 0.4) is 0 Å². The Labute approximate surface area is 138 Å². The van der Waals surface area contributed by atoms with Gasteiger partial charge in [0.1, 0.15) is 5.75 Å². The summed E-state index contributed by atoms with van der Waals surface area (Å²) in [6, 6.07) is 15.5. The highest BCUT2D eigenvalue weighted by Gasteiger charge is 2.05. The number of carbonyl (C=O) groups is 1. The molecule has 0 saturated carbocycles. The van der Waals surface area contributed by atoms with Gasteiger partial charge in [0, 0.05) is 25.5 Å². The largest absolute Gasteiger partial charge is 0.484 e. The molecule has 0 saturated heterocycles. The molecule has 1 amide bonds. The van der Waals surface area contributed by atoms with Gasteiger partial charge in [-0.1, -0.05) is 26.0 Å². The molecule has 0 heterocycles. The summed E-state index contributed by atoms with van der Waals surface area (Å²) in [5.41, 5.74) is 3.10. The Hall–Kier alpha value is -2.49. The highest BCUT2D eigenvalue weighted by molar-refractivity contribution is 5.92. The molecule has 0 aliphatic heterocycles. The lowest BCUT2D eigenvalue weighted by molar-refractivity contribution is -0.118. The van der Waals surface area contributed by atoms with Crippen molar-refractivity contribution in [3.05, 3.63) is 54.1 Å². The lowest BCUT2D eigenvalue weighted by atomic mass is 10.0. The number of nitrogens with zero attached hydrogens (tertiary/aromatic N) is 1. The first-order valence-electron chi connectivity index (χ1n) is 7.75. The van der Waals surface area contributed by atoms with Gasteiger partial charge in [-0.2, -0.15) is 0 Å². The monoisotopic (exact) mass is 312 g/mol. The molecule has 0 aliphatic carbocycles. The van der Waals surface area contributed by atoms with Crippen molar-refractivity contribution < 1.29 is 9.53 Å². The second-order valence-electron chi connectivity index (χ2n) is 6.00. The molecule has 23 heavy (non-hydrogen) atoms. The van der Waals surface area contributed by atoms with Gasteiger partial charge in [0.2, 0.25) is 0 Å². The zero-order valence-electron chi connectivity index (χ0n) is 14.2. The fourth-order valence-corrected chi connectivity index (χ4v) is 2.14. The molecule has 0 unspecified atom stereocenters. The van der Waals surface area contributed by atoms with Crippen LogP contribution in [0.1, 0.15) is 25.3 Å². The third-order valence-corrected chi connectivity index (χ3v) is 3.58. The van der Waals surface area contributed by atoms with Gasteiger partial charge in [-0.3, -0.25) is 4.79 Å². The van der Waals surface area contributed by atoms with E-state index in [9.17, 15) is 4.79 Å². The lowest BCUT2D eigenvalue weighted by Gasteiger charge is -2.13. The summed E-state index contributed by atoms with van der Waals surface area (Å²) in [7, 11) is 3.96. The molecule has 0 fully saturated rings. The molecule has 2 aromatic rings. The minimum absolute atomic E-state index is 0.00351. The zero-order chi connectivity index (χ0) is 16.8. The predicted octanol–water partition coefficient (Wildman–Crippen LogP) is 3.89. The van der Waals surface area contributed by atoms with Crippen LogP contribution in [0.5, 0.6) is 5.75 Å². The minimum Gasteiger partial charge on any atom is -0.484 e. The predicted molar refractivity (Wildman–Crippen MR) is 95.4 cm³/mol. The maximum Gasteiger partial charge on any atom is 0.262 e. The molecular formula is C19H24N2O2. The van der Waals surface area contributed by atoms with Crippen LogP contribution in [0.15, 0.2) is 48.5 Å². The lowest BCUT2D eigenvalue weighted by Crippen LogP contribution is -2.20. The van der Waals surface area contributed by atoms with Crippen molar-refractivity contribution in [2.45, 2.75) is 19.8 Å². The van der Waals surface area contributed by atoms with Crippen molar-refractivity contribution in [1.82, 2.24) is 0 Å². The number of hydrogen-bond acceptors (Lipinski definition) is 3. The zero-order valence-corrected chi connectivity index (χ0v) is 14.2. The molecule has 2 rings (SSSR count). The summed E-state index contributed by atoms with van der Waals surface area (Å²) in [4.78, 5) is 13.9. The molecule has 4 nitrogen and oxygen atoms in total. The van der Waals surface area contributed by atoms with E-state index < -0.39 is 0 Å². The van der Waals surface area contributed by atoms with E-state index in [0.717, 1.165) is 11.4 Å². The van der Waals surface area contributed by atoms with Crippen molar-refractivity contribution in [2.75, 3.05) is 30.9 Å². The average Bonchev–Trinajstić information content (AvgIpc) is 2.54. The molecule has 0 radical (unpaired) electrons. The Balaban J connectivity index is 1.85. The molecule has 0 bridgehead atoms. The van der Waals surface area contributed by atoms with E-state index in [-0.39, 0.29) is 12.5 Å². The first kappa shape index (κ1) is 16.9. The van der Waals surface area contributed by atoms with Crippen LogP contribution < -0.4 is 15.0 Å².